The third-order valence-electron chi connectivity index (χ3n) is 4.94. The van der Waals surface area contributed by atoms with Gasteiger partial charge in [0.05, 0.1) is 6.10 Å². The molecule has 0 radical (unpaired) electrons. The summed E-state index contributed by atoms with van der Waals surface area (Å²) in [6, 6.07) is 0.412. The van der Waals surface area contributed by atoms with E-state index in [0.29, 0.717) is 5.56 Å². The lowest BCUT2D eigenvalue weighted by molar-refractivity contribution is -0.141. The SMILES string of the molecule is CC(O)C(N)C(=O)NC(CCC(N)=O)C(=O)NC(Cc1ccc(O)cc1)C(=O)NC(CS)C(=O)O. The van der Waals surface area contributed by atoms with Gasteiger partial charge in [-0.3, -0.25) is 19.2 Å². The Bertz CT molecular complexity index is 911. The molecule has 1 rings (SSSR count). The second-order valence-electron chi connectivity index (χ2n) is 7.85. The molecule has 4 amide bonds. The van der Waals surface area contributed by atoms with Gasteiger partial charge in [0, 0.05) is 18.6 Å². The van der Waals surface area contributed by atoms with Crippen LogP contribution in [0.25, 0.3) is 0 Å². The number of carbonyl (C=O) groups excluding carboxylic acids is 4. The number of thiol groups is 1. The molecule has 0 aliphatic heterocycles. The van der Waals surface area contributed by atoms with Crippen LogP contribution in [0.5, 0.6) is 5.75 Å². The maximum atomic E-state index is 13.0. The number of rotatable bonds is 14. The Hall–Kier alpha value is -3.36. The van der Waals surface area contributed by atoms with Gasteiger partial charge in [-0.15, -0.1) is 0 Å². The normalized spacial score (nSPS) is 15.1. The number of nitrogens with one attached hydrogen (secondary N) is 3. The monoisotopic (exact) mass is 513 g/mol. The van der Waals surface area contributed by atoms with Crippen molar-refractivity contribution in [2.24, 2.45) is 11.5 Å². The molecule has 0 heterocycles. The van der Waals surface area contributed by atoms with Gasteiger partial charge < -0.3 is 42.7 Å². The summed E-state index contributed by atoms with van der Waals surface area (Å²) in [5.41, 5.74) is 11.3. The van der Waals surface area contributed by atoms with Gasteiger partial charge in [0.2, 0.25) is 23.6 Å². The fourth-order valence-electron chi connectivity index (χ4n) is 2.85. The number of nitrogens with two attached hydrogens (primary N) is 2. The Kier molecular flexibility index (Phi) is 12.0. The Labute approximate surface area is 207 Å². The number of hydrogen-bond acceptors (Lipinski definition) is 9. The van der Waals surface area contributed by atoms with Gasteiger partial charge in [0.1, 0.15) is 29.9 Å². The van der Waals surface area contributed by atoms with Gasteiger partial charge in [-0.2, -0.15) is 12.6 Å². The van der Waals surface area contributed by atoms with Crippen molar-refractivity contribution in [3.63, 3.8) is 0 Å². The lowest BCUT2D eigenvalue weighted by atomic mass is 10.0. The summed E-state index contributed by atoms with van der Waals surface area (Å²) in [4.78, 5) is 60.7. The van der Waals surface area contributed by atoms with Crippen LogP contribution in [-0.2, 0) is 30.4 Å². The summed E-state index contributed by atoms with van der Waals surface area (Å²) in [5.74, 6) is -4.89. The Morgan fingerprint density at radius 1 is 0.943 bits per heavy atom. The number of carboxylic acids is 1. The van der Waals surface area contributed by atoms with E-state index in [9.17, 15) is 39.3 Å². The topological polar surface area (TPSA) is 234 Å². The van der Waals surface area contributed by atoms with E-state index < -0.39 is 59.9 Å². The lowest BCUT2D eigenvalue weighted by Crippen LogP contribution is -2.58. The van der Waals surface area contributed by atoms with Crippen LogP contribution in [-0.4, -0.2) is 80.9 Å². The van der Waals surface area contributed by atoms with E-state index in [0.717, 1.165) is 0 Å². The van der Waals surface area contributed by atoms with Crippen molar-refractivity contribution in [3.05, 3.63) is 29.8 Å². The van der Waals surface area contributed by atoms with Crippen LogP contribution in [0.4, 0.5) is 0 Å². The number of carboxylic acid groups (broad SMARTS) is 1. The smallest absolute Gasteiger partial charge is 0.327 e. The number of phenolic OH excluding ortho intramolecular Hbond substituents is 1. The number of aromatic hydroxyl groups is 1. The third-order valence-corrected chi connectivity index (χ3v) is 5.31. The molecule has 10 N–H and O–H groups in total. The molecule has 35 heavy (non-hydrogen) atoms. The molecular formula is C21H31N5O8S. The first-order valence-electron chi connectivity index (χ1n) is 10.6. The van der Waals surface area contributed by atoms with E-state index in [2.05, 4.69) is 28.6 Å². The molecule has 1 aromatic carbocycles. The van der Waals surface area contributed by atoms with E-state index in [4.69, 9.17) is 11.5 Å². The Morgan fingerprint density at radius 3 is 1.94 bits per heavy atom. The van der Waals surface area contributed by atoms with Crippen molar-refractivity contribution < 1.29 is 39.3 Å². The quantitative estimate of drug-likeness (QED) is 0.118. The van der Waals surface area contributed by atoms with Crippen molar-refractivity contribution in [3.8, 4) is 5.75 Å². The summed E-state index contributed by atoms with van der Waals surface area (Å²) < 4.78 is 0. The molecule has 0 spiro atoms. The number of aliphatic hydroxyl groups is 1. The van der Waals surface area contributed by atoms with Gasteiger partial charge in [0.15, 0.2) is 0 Å². The fourth-order valence-corrected chi connectivity index (χ4v) is 3.10. The average molecular weight is 514 g/mol. The first-order valence-corrected chi connectivity index (χ1v) is 11.2. The fraction of sp³-hybridized carbons (Fsp3) is 0.476. The second kappa shape index (κ2) is 14.1. The maximum Gasteiger partial charge on any atom is 0.327 e. The number of aliphatic hydroxyl groups excluding tert-OH is 1. The number of primary amides is 1. The summed E-state index contributed by atoms with van der Waals surface area (Å²) in [5, 5.41) is 35.3. The van der Waals surface area contributed by atoms with E-state index in [1.807, 2.05) is 0 Å². The zero-order chi connectivity index (χ0) is 26.7. The van der Waals surface area contributed by atoms with Crippen molar-refractivity contribution in [1.82, 2.24) is 16.0 Å². The molecule has 194 valence electrons. The second-order valence-corrected chi connectivity index (χ2v) is 8.21. The van der Waals surface area contributed by atoms with E-state index in [-0.39, 0.29) is 30.8 Å². The molecule has 0 saturated carbocycles. The van der Waals surface area contributed by atoms with Crippen LogP contribution in [0.1, 0.15) is 25.3 Å². The zero-order valence-corrected chi connectivity index (χ0v) is 19.9. The highest BCUT2D eigenvalue weighted by molar-refractivity contribution is 7.80. The van der Waals surface area contributed by atoms with Gasteiger partial charge in [-0.25, -0.2) is 4.79 Å². The zero-order valence-electron chi connectivity index (χ0n) is 19.0. The Balaban J connectivity index is 3.15. The highest BCUT2D eigenvalue weighted by atomic mass is 32.1. The molecule has 0 aromatic heterocycles. The van der Waals surface area contributed by atoms with Gasteiger partial charge in [-0.1, -0.05) is 12.1 Å². The van der Waals surface area contributed by atoms with Crippen molar-refractivity contribution in [2.75, 3.05) is 5.75 Å². The molecule has 5 unspecified atom stereocenters. The predicted molar refractivity (Wildman–Crippen MR) is 127 cm³/mol. The largest absolute Gasteiger partial charge is 0.508 e. The van der Waals surface area contributed by atoms with Gasteiger partial charge in [0.25, 0.3) is 0 Å². The van der Waals surface area contributed by atoms with E-state index in [1.54, 1.807) is 0 Å². The molecular weight excluding hydrogens is 482 g/mol. The number of amides is 4. The van der Waals surface area contributed by atoms with E-state index in [1.165, 1.54) is 31.2 Å². The molecule has 0 saturated heterocycles. The number of aliphatic carboxylic acids is 1. The highest BCUT2D eigenvalue weighted by Crippen LogP contribution is 2.12. The molecule has 0 aliphatic carbocycles. The van der Waals surface area contributed by atoms with Gasteiger partial charge in [-0.05, 0) is 31.0 Å². The maximum absolute atomic E-state index is 13.0. The minimum atomic E-state index is -1.36. The predicted octanol–water partition coefficient (Wildman–Crippen LogP) is -2.62. The lowest BCUT2D eigenvalue weighted by Gasteiger charge is -2.25. The summed E-state index contributed by atoms with van der Waals surface area (Å²) in [6.07, 6.45) is -1.82. The highest BCUT2D eigenvalue weighted by Gasteiger charge is 2.31. The molecule has 0 fully saturated rings. The van der Waals surface area contributed by atoms with Crippen LogP contribution >= 0.6 is 12.6 Å². The van der Waals surface area contributed by atoms with Crippen LogP contribution in [0.15, 0.2) is 24.3 Å². The van der Waals surface area contributed by atoms with Crippen LogP contribution in [0, 0.1) is 0 Å². The number of hydrogen-bond donors (Lipinski definition) is 9. The molecule has 14 heteroatoms. The minimum absolute atomic E-state index is 0.0246. The number of benzene rings is 1. The van der Waals surface area contributed by atoms with Crippen molar-refractivity contribution in [2.45, 2.75) is 56.5 Å². The molecule has 1 aromatic rings. The minimum Gasteiger partial charge on any atom is -0.508 e. The molecule has 0 bridgehead atoms. The van der Waals surface area contributed by atoms with Crippen molar-refractivity contribution >= 4 is 42.2 Å². The third kappa shape index (κ3) is 10.2. The summed E-state index contributed by atoms with van der Waals surface area (Å²) >= 11 is 3.90. The molecule has 0 aliphatic rings. The van der Waals surface area contributed by atoms with Crippen LogP contribution in [0.3, 0.4) is 0 Å². The standard InChI is InChI=1S/C21H31N5O8S/c1-10(27)17(23)20(32)24-13(6-7-16(22)29)18(30)25-14(8-11-2-4-12(28)5-3-11)19(31)26-15(9-35)21(33)34/h2-5,10,13-15,17,27-28,35H,6-9,23H2,1H3,(H2,22,29)(H,24,32)(H,25,30)(H,26,31)(H,33,34). The summed E-state index contributed by atoms with van der Waals surface area (Å²) in [7, 11) is 0. The first-order chi connectivity index (χ1) is 16.3. The van der Waals surface area contributed by atoms with Gasteiger partial charge >= 0.3 is 5.97 Å². The molecule has 13 nitrogen and oxygen atoms in total. The number of phenols is 1. The Morgan fingerprint density at radius 2 is 1.46 bits per heavy atom. The van der Waals surface area contributed by atoms with E-state index >= 15 is 0 Å². The first kappa shape index (κ1) is 29.7. The van der Waals surface area contributed by atoms with Crippen LogP contribution < -0.4 is 27.4 Å². The average Bonchev–Trinajstić information content (AvgIpc) is 2.79. The van der Waals surface area contributed by atoms with Crippen molar-refractivity contribution in [1.29, 1.82) is 0 Å². The number of carbonyl (C=O) groups is 5. The van der Waals surface area contributed by atoms with Crippen LogP contribution in [0.2, 0.25) is 0 Å². The molecule has 5 atom stereocenters. The summed E-state index contributed by atoms with van der Waals surface area (Å²) in [6.45, 7) is 1.28.